The molecule has 2 aromatic heterocycles. The molecule has 9 heteroatoms. The van der Waals surface area contributed by atoms with Crippen molar-refractivity contribution in [3.8, 4) is 0 Å². The van der Waals surface area contributed by atoms with E-state index in [4.69, 9.17) is 27.7 Å². The van der Waals surface area contributed by atoms with Crippen LogP contribution in [0.3, 0.4) is 0 Å². The third-order valence-corrected chi connectivity index (χ3v) is 4.84. The molecule has 3 rings (SSSR count). The second kappa shape index (κ2) is 7.94. The Morgan fingerprint density at radius 3 is 2.63 bits per heavy atom. The summed E-state index contributed by atoms with van der Waals surface area (Å²) in [5.74, 6) is 1.84. The van der Waals surface area contributed by atoms with E-state index < -0.39 is 0 Å². The van der Waals surface area contributed by atoms with Crippen molar-refractivity contribution in [2.45, 2.75) is 32.6 Å². The molecule has 146 valence electrons. The van der Waals surface area contributed by atoms with E-state index in [0.717, 1.165) is 18.7 Å². The lowest BCUT2D eigenvalue weighted by atomic mass is 9.93. The second-order valence-corrected chi connectivity index (χ2v) is 8.39. The van der Waals surface area contributed by atoms with Gasteiger partial charge in [0.05, 0.1) is 10.0 Å². The number of nitrogens with zero attached hydrogens (tertiary/aromatic N) is 4. The minimum atomic E-state index is -0.194. The lowest BCUT2D eigenvalue weighted by molar-refractivity contribution is 0.215. The summed E-state index contributed by atoms with van der Waals surface area (Å²) >= 11 is 12.2. The largest absolute Gasteiger partial charge is 0.359 e. The van der Waals surface area contributed by atoms with Crippen molar-refractivity contribution in [1.82, 2.24) is 15.0 Å². The highest BCUT2D eigenvalue weighted by Gasteiger charge is 2.24. The summed E-state index contributed by atoms with van der Waals surface area (Å²) < 4.78 is 5.31. The summed E-state index contributed by atoms with van der Waals surface area (Å²) in [6, 6.07) is 3.25. The highest BCUT2D eigenvalue weighted by Crippen LogP contribution is 2.27. The molecule has 1 aliphatic heterocycles. The molecule has 0 bridgehead atoms. The Bertz CT molecular complexity index is 818. The van der Waals surface area contributed by atoms with E-state index in [1.54, 1.807) is 23.2 Å². The van der Waals surface area contributed by atoms with Crippen LogP contribution in [0.5, 0.6) is 0 Å². The molecule has 1 fully saturated rings. The quantitative estimate of drug-likeness (QED) is 0.791. The summed E-state index contributed by atoms with van der Waals surface area (Å²) in [5, 5.41) is 7.76. The minimum absolute atomic E-state index is 0.163. The highest BCUT2D eigenvalue weighted by atomic mass is 35.5. The van der Waals surface area contributed by atoms with E-state index in [1.165, 1.54) is 0 Å². The van der Waals surface area contributed by atoms with Crippen LogP contribution in [0.2, 0.25) is 10.0 Å². The van der Waals surface area contributed by atoms with Crippen molar-refractivity contribution in [2.24, 2.45) is 0 Å². The van der Waals surface area contributed by atoms with Gasteiger partial charge in [-0.05, 0) is 12.5 Å². The van der Waals surface area contributed by atoms with Crippen molar-refractivity contribution in [1.29, 1.82) is 0 Å². The molecule has 0 aliphatic carbocycles. The molecule has 7 nitrogen and oxygen atoms in total. The van der Waals surface area contributed by atoms with Crippen LogP contribution in [0.4, 0.5) is 16.4 Å². The molecule has 0 aromatic carbocycles. The van der Waals surface area contributed by atoms with Gasteiger partial charge in [0.25, 0.3) is 0 Å². The number of rotatable bonds is 2. The van der Waals surface area contributed by atoms with Crippen LogP contribution in [0.1, 0.15) is 33.0 Å². The fraction of sp³-hybridized carbons (Fsp3) is 0.500. The van der Waals surface area contributed by atoms with Crippen LogP contribution in [0, 0.1) is 0 Å². The summed E-state index contributed by atoms with van der Waals surface area (Å²) in [7, 11) is 0. The molecule has 0 unspecified atom stereocenters. The zero-order valence-electron chi connectivity index (χ0n) is 15.6. The van der Waals surface area contributed by atoms with Crippen molar-refractivity contribution in [2.75, 3.05) is 36.4 Å². The number of carbonyl (C=O) groups is 1. The van der Waals surface area contributed by atoms with Gasteiger partial charge >= 0.3 is 6.03 Å². The Morgan fingerprint density at radius 1 is 1.19 bits per heavy atom. The van der Waals surface area contributed by atoms with E-state index in [1.807, 2.05) is 20.8 Å². The Labute approximate surface area is 168 Å². The second-order valence-electron chi connectivity index (χ2n) is 7.54. The lowest BCUT2D eigenvalue weighted by Crippen LogP contribution is -2.38. The summed E-state index contributed by atoms with van der Waals surface area (Å²) in [5.41, 5.74) is -0.163. The Hall–Kier alpha value is -1.99. The zero-order valence-corrected chi connectivity index (χ0v) is 17.1. The normalized spacial score (nSPS) is 15.6. The Kier molecular flexibility index (Phi) is 5.81. The summed E-state index contributed by atoms with van der Waals surface area (Å²) in [6.45, 7) is 8.66. The van der Waals surface area contributed by atoms with Gasteiger partial charge in [-0.15, -0.1) is 0 Å². The molecule has 3 heterocycles. The molecule has 1 aliphatic rings. The molecular weight excluding hydrogens is 389 g/mol. The van der Waals surface area contributed by atoms with Gasteiger partial charge in [0.1, 0.15) is 11.6 Å². The van der Waals surface area contributed by atoms with Gasteiger partial charge in [-0.1, -0.05) is 49.1 Å². The fourth-order valence-electron chi connectivity index (χ4n) is 2.85. The SMILES string of the molecule is CC(C)(C)c1cc(NC(=O)N2CCCN(c3ncc(Cl)cc3Cl)CC2)no1. The number of urea groups is 1. The predicted molar refractivity (Wildman–Crippen MR) is 107 cm³/mol. The smallest absolute Gasteiger partial charge is 0.323 e. The first-order valence-electron chi connectivity index (χ1n) is 8.83. The number of hydrogen-bond acceptors (Lipinski definition) is 5. The van der Waals surface area contributed by atoms with E-state index >= 15 is 0 Å². The van der Waals surface area contributed by atoms with Crippen LogP contribution in [0.25, 0.3) is 0 Å². The fourth-order valence-corrected chi connectivity index (χ4v) is 3.35. The number of anilines is 2. The lowest BCUT2D eigenvalue weighted by Gasteiger charge is -2.23. The standard InChI is InChI=1S/C18H23Cl2N5O2/c1-18(2,3)14-10-15(23-27-14)22-17(26)25-6-4-5-24(7-8-25)16-13(20)9-12(19)11-21-16/h9-11H,4-8H2,1-3H3,(H,22,23,26). The average molecular weight is 412 g/mol. The number of halogens is 2. The predicted octanol–water partition coefficient (Wildman–Crippen LogP) is 4.42. The van der Waals surface area contributed by atoms with Gasteiger partial charge in [-0.25, -0.2) is 9.78 Å². The van der Waals surface area contributed by atoms with Gasteiger partial charge in [-0.2, -0.15) is 0 Å². The van der Waals surface area contributed by atoms with Gasteiger partial charge < -0.3 is 14.3 Å². The maximum atomic E-state index is 12.6. The monoisotopic (exact) mass is 411 g/mol. The molecule has 0 radical (unpaired) electrons. The first kappa shape index (κ1) is 19.8. The highest BCUT2D eigenvalue weighted by molar-refractivity contribution is 6.36. The van der Waals surface area contributed by atoms with Crippen molar-refractivity contribution in [3.05, 3.63) is 34.1 Å². The summed E-state index contributed by atoms with van der Waals surface area (Å²) in [4.78, 5) is 20.7. The van der Waals surface area contributed by atoms with Crippen LogP contribution in [-0.2, 0) is 5.41 Å². The average Bonchev–Trinajstić information content (AvgIpc) is 2.92. The molecular formula is C18H23Cl2N5O2. The number of nitrogens with one attached hydrogen (secondary N) is 1. The van der Waals surface area contributed by atoms with Crippen molar-refractivity contribution < 1.29 is 9.32 Å². The molecule has 0 atom stereocenters. The van der Waals surface area contributed by atoms with Crippen LogP contribution < -0.4 is 10.2 Å². The van der Waals surface area contributed by atoms with Crippen LogP contribution in [-0.4, -0.2) is 47.3 Å². The molecule has 0 saturated carbocycles. The summed E-state index contributed by atoms with van der Waals surface area (Å²) in [6.07, 6.45) is 2.38. The maximum absolute atomic E-state index is 12.6. The zero-order chi connectivity index (χ0) is 19.6. The van der Waals surface area contributed by atoms with Gasteiger partial charge in [0.15, 0.2) is 5.82 Å². The van der Waals surface area contributed by atoms with Crippen LogP contribution >= 0.6 is 23.2 Å². The van der Waals surface area contributed by atoms with Gasteiger partial charge in [0, 0.05) is 43.9 Å². The molecule has 2 aromatic rings. The van der Waals surface area contributed by atoms with E-state index in [-0.39, 0.29) is 11.4 Å². The van der Waals surface area contributed by atoms with Crippen molar-refractivity contribution in [3.63, 3.8) is 0 Å². The van der Waals surface area contributed by atoms with E-state index in [2.05, 4.69) is 20.4 Å². The molecule has 0 spiro atoms. The molecule has 27 heavy (non-hydrogen) atoms. The topological polar surface area (TPSA) is 74.5 Å². The number of pyridine rings is 1. The molecule has 1 N–H and O–H groups in total. The number of carbonyl (C=O) groups excluding carboxylic acids is 1. The van der Waals surface area contributed by atoms with Crippen molar-refractivity contribution >= 4 is 40.9 Å². The Balaban J connectivity index is 1.62. The number of amides is 2. The first-order chi connectivity index (χ1) is 12.7. The Morgan fingerprint density at radius 2 is 1.96 bits per heavy atom. The molecule has 1 saturated heterocycles. The van der Waals surface area contributed by atoms with E-state index in [9.17, 15) is 4.79 Å². The maximum Gasteiger partial charge on any atom is 0.323 e. The molecule has 2 amide bonds. The number of hydrogen-bond donors (Lipinski definition) is 1. The van der Waals surface area contributed by atoms with Crippen LogP contribution in [0.15, 0.2) is 22.9 Å². The minimum Gasteiger partial charge on any atom is -0.359 e. The van der Waals surface area contributed by atoms with Gasteiger partial charge in [-0.3, -0.25) is 5.32 Å². The first-order valence-corrected chi connectivity index (χ1v) is 9.59. The van der Waals surface area contributed by atoms with E-state index in [0.29, 0.717) is 41.3 Å². The third-order valence-electron chi connectivity index (χ3n) is 4.36. The van der Waals surface area contributed by atoms with Gasteiger partial charge in [0.2, 0.25) is 0 Å². The third kappa shape index (κ3) is 4.84. The number of aromatic nitrogens is 2.